The Bertz CT molecular complexity index is 882. The summed E-state index contributed by atoms with van der Waals surface area (Å²) in [5.41, 5.74) is 0. The molecule has 0 aliphatic heterocycles. The first-order valence-electron chi connectivity index (χ1n) is 26.4. The number of aliphatic hydroxyl groups is 1. The van der Waals surface area contributed by atoms with Crippen LogP contribution < -0.4 is 5.32 Å². The second-order valence-electron chi connectivity index (χ2n) is 18.2. The first kappa shape index (κ1) is 56.6. The number of hydrogen-bond acceptors (Lipinski definition) is 3. The van der Waals surface area contributed by atoms with Crippen molar-refractivity contribution in [2.45, 2.75) is 302 Å². The van der Waals surface area contributed by atoms with Gasteiger partial charge >= 0.3 is 0 Å². The van der Waals surface area contributed by atoms with E-state index >= 15 is 0 Å². The van der Waals surface area contributed by atoms with Crippen molar-refractivity contribution in [3.05, 3.63) is 24.3 Å². The van der Waals surface area contributed by atoms with Gasteiger partial charge in [-0.2, -0.15) is 0 Å². The normalized spacial score (nSPS) is 12.3. The van der Waals surface area contributed by atoms with Gasteiger partial charge in [0.2, 0.25) is 5.91 Å². The maximum Gasteiger partial charge on any atom is 0.220 e. The molecule has 0 saturated heterocycles. The summed E-state index contributed by atoms with van der Waals surface area (Å²) in [5.74, 6) is 0.588. The number of amides is 1. The third kappa shape index (κ3) is 48.9. The molecule has 2 N–H and O–H groups in total. The summed E-state index contributed by atoms with van der Waals surface area (Å²) in [7, 11) is 0. The van der Waals surface area contributed by atoms with E-state index in [0.717, 1.165) is 57.8 Å². The van der Waals surface area contributed by atoms with Crippen LogP contribution in [-0.2, 0) is 9.59 Å². The molecule has 0 aromatic carbocycles. The molecular weight excluding hydrogens is 711 g/mol. The molecule has 0 aliphatic rings. The Morgan fingerprint density at radius 2 is 0.707 bits per heavy atom. The van der Waals surface area contributed by atoms with E-state index in [4.69, 9.17) is 0 Å². The maximum atomic E-state index is 12.2. The topological polar surface area (TPSA) is 66.4 Å². The molecule has 0 fully saturated rings. The number of ketones is 1. The van der Waals surface area contributed by atoms with Gasteiger partial charge < -0.3 is 10.4 Å². The molecule has 342 valence electrons. The summed E-state index contributed by atoms with van der Waals surface area (Å²) in [6.45, 7) is 4.95. The number of allylic oxidation sites excluding steroid dienone is 4. The van der Waals surface area contributed by atoms with Crippen molar-refractivity contribution in [3.63, 3.8) is 0 Å². The van der Waals surface area contributed by atoms with Gasteiger partial charge in [0.25, 0.3) is 0 Å². The predicted octanol–water partition coefficient (Wildman–Crippen LogP) is 17.3. The Hall–Kier alpha value is -1.42. The number of nitrogens with one attached hydrogen (secondary N) is 1. The second-order valence-corrected chi connectivity index (χ2v) is 18.2. The molecular formula is C54H103NO3. The van der Waals surface area contributed by atoms with Gasteiger partial charge in [-0.15, -0.1) is 0 Å². The van der Waals surface area contributed by atoms with Crippen LogP contribution in [0.4, 0.5) is 0 Å². The van der Waals surface area contributed by atoms with Crippen LogP contribution >= 0.6 is 0 Å². The molecule has 0 spiro atoms. The lowest BCUT2D eigenvalue weighted by atomic mass is 10.0. The number of unbranched alkanes of at least 4 members (excludes halogenated alkanes) is 35. The third-order valence-electron chi connectivity index (χ3n) is 12.2. The zero-order valence-electron chi connectivity index (χ0n) is 39.5. The van der Waals surface area contributed by atoms with Crippen LogP contribution in [0.1, 0.15) is 296 Å². The van der Waals surface area contributed by atoms with E-state index in [9.17, 15) is 14.7 Å². The number of rotatable bonds is 49. The van der Waals surface area contributed by atoms with Gasteiger partial charge in [0.1, 0.15) is 5.78 Å². The van der Waals surface area contributed by atoms with Gasteiger partial charge in [-0.25, -0.2) is 0 Å². The van der Waals surface area contributed by atoms with Gasteiger partial charge in [0.15, 0.2) is 0 Å². The Morgan fingerprint density at radius 3 is 1.12 bits per heavy atom. The molecule has 0 aromatic rings. The van der Waals surface area contributed by atoms with Crippen LogP contribution in [0.2, 0.25) is 0 Å². The molecule has 0 aliphatic carbocycles. The average Bonchev–Trinajstić information content (AvgIpc) is 3.22. The Kier molecular flexibility index (Phi) is 48.7. The van der Waals surface area contributed by atoms with Crippen LogP contribution in [-0.4, -0.2) is 29.4 Å². The molecule has 0 rings (SSSR count). The summed E-state index contributed by atoms with van der Waals surface area (Å²) in [6, 6.07) is 0. The number of Topliss-reactive ketones (excluding diaryl/α,β-unsaturated/α-hetero) is 1. The van der Waals surface area contributed by atoms with Crippen LogP contribution in [0.25, 0.3) is 0 Å². The van der Waals surface area contributed by atoms with Gasteiger partial charge in [-0.05, 0) is 57.8 Å². The Morgan fingerprint density at radius 1 is 0.397 bits per heavy atom. The van der Waals surface area contributed by atoms with Crippen molar-refractivity contribution in [1.29, 1.82) is 0 Å². The molecule has 1 amide bonds. The lowest BCUT2D eigenvalue weighted by Gasteiger charge is -2.12. The minimum Gasteiger partial charge on any atom is -0.391 e. The molecule has 0 unspecified atom stereocenters. The number of carbonyl (C=O) groups is 2. The fraction of sp³-hybridized carbons (Fsp3) is 0.889. The van der Waals surface area contributed by atoms with Gasteiger partial charge in [0, 0.05) is 25.8 Å². The molecule has 0 radical (unpaired) electrons. The fourth-order valence-corrected chi connectivity index (χ4v) is 8.16. The lowest BCUT2D eigenvalue weighted by Crippen LogP contribution is -2.31. The Balaban J connectivity index is 3.32. The van der Waals surface area contributed by atoms with Crippen molar-refractivity contribution < 1.29 is 14.7 Å². The molecule has 1 atom stereocenters. The SMILES string of the molecule is CCCCC/C=C\C/C=C\CCCCCCCC(=O)CCCCCCCCCCCCCCCC(=O)NC[C@H](O)CCCCCCCCCCCCCCCCCC. The van der Waals surface area contributed by atoms with E-state index in [-0.39, 0.29) is 5.91 Å². The summed E-state index contributed by atoms with van der Waals surface area (Å²) in [4.78, 5) is 24.4. The van der Waals surface area contributed by atoms with Crippen LogP contribution in [0.5, 0.6) is 0 Å². The van der Waals surface area contributed by atoms with Crippen molar-refractivity contribution in [2.75, 3.05) is 6.54 Å². The zero-order valence-corrected chi connectivity index (χ0v) is 39.5. The second kappa shape index (κ2) is 49.9. The quantitative estimate of drug-likeness (QED) is 0.0475. The van der Waals surface area contributed by atoms with Gasteiger partial charge in [-0.3, -0.25) is 9.59 Å². The summed E-state index contributed by atoms with van der Waals surface area (Å²) in [6.07, 6.45) is 63.4. The summed E-state index contributed by atoms with van der Waals surface area (Å²) < 4.78 is 0. The van der Waals surface area contributed by atoms with Gasteiger partial charge in [0.05, 0.1) is 6.10 Å². The smallest absolute Gasteiger partial charge is 0.220 e. The van der Waals surface area contributed by atoms with E-state index in [1.807, 2.05) is 0 Å². The summed E-state index contributed by atoms with van der Waals surface area (Å²) in [5, 5.41) is 13.2. The van der Waals surface area contributed by atoms with Crippen molar-refractivity contribution in [3.8, 4) is 0 Å². The van der Waals surface area contributed by atoms with Crippen LogP contribution in [0.3, 0.4) is 0 Å². The highest BCUT2D eigenvalue weighted by Gasteiger charge is 2.07. The fourth-order valence-electron chi connectivity index (χ4n) is 8.16. The summed E-state index contributed by atoms with van der Waals surface area (Å²) >= 11 is 0. The first-order chi connectivity index (χ1) is 28.6. The van der Waals surface area contributed by atoms with E-state index in [1.165, 1.54) is 218 Å². The molecule has 0 heterocycles. The van der Waals surface area contributed by atoms with Crippen LogP contribution in [0.15, 0.2) is 24.3 Å². The predicted molar refractivity (Wildman–Crippen MR) is 257 cm³/mol. The Labute approximate surface area is 363 Å². The number of carbonyl (C=O) groups excluding carboxylic acids is 2. The van der Waals surface area contributed by atoms with E-state index in [0.29, 0.717) is 18.7 Å². The molecule has 0 bridgehead atoms. The molecule has 0 saturated carbocycles. The zero-order chi connectivity index (χ0) is 42.1. The maximum absolute atomic E-state index is 12.2. The molecule has 0 aromatic heterocycles. The van der Waals surface area contributed by atoms with Crippen molar-refractivity contribution in [1.82, 2.24) is 5.32 Å². The lowest BCUT2D eigenvalue weighted by molar-refractivity contribution is -0.121. The molecule has 4 heteroatoms. The highest BCUT2D eigenvalue weighted by Crippen LogP contribution is 2.17. The monoisotopic (exact) mass is 814 g/mol. The third-order valence-corrected chi connectivity index (χ3v) is 12.2. The largest absolute Gasteiger partial charge is 0.391 e. The highest BCUT2D eigenvalue weighted by atomic mass is 16.3. The minimum atomic E-state index is -0.401. The average molecular weight is 814 g/mol. The van der Waals surface area contributed by atoms with Crippen molar-refractivity contribution in [2.24, 2.45) is 0 Å². The first-order valence-corrected chi connectivity index (χ1v) is 26.4. The van der Waals surface area contributed by atoms with Crippen molar-refractivity contribution >= 4 is 11.7 Å². The van der Waals surface area contributed by atoms with E-state index in [1.54, 1.807) is 0 Å². The number of aliphatic hydroxyl groups excluding tert-OH is 1. The van der Waals surface area contributed by atoms with E-state index < -0.39 is 6.10 Å². The van der Waals surface area contributed by atoms with Gasteiger partial charge in [-0.1, -0.05) is 244 Å². The number of hydrogen-bond donors (Lipinski definition) is 2. The van der Waals surface area contributed by atoms with E-state index in [2.05, 4.69) is 43.5 Å². The molecule has 4 nitrogen and oxygen atoms in total. The highest BCUT2D eigenvalue weighted by molar-refractivity contribution is 5.78. The van der Waals surface area contributed by atoms with Crippen LogP contribution in [0, 0.1) is 0 Å². The molecule has 58 heavy (non-hydrogen) atoms. The standard InChI is InChI=1S/C54H103NO3/c1-3-5-7-9-11-13-15-17-19-21-24-29-33-37-41-45-49-53(57)51-55-54(58)50-46-42-38-34-30-26-22-25-28-32-36-40-44-48-52(56)47-43-39-35-31-27-23-20-18-16-14-12-10-8-6-4-2/h12,14,18,20,53,57H,3-11,13,15-17,19,21-51H2,1-2H3,(H,55,58)/b14-12-,20-18-/t53-/m1/s1. The minimum absolute atomic E-state index is 0.102.